The SMILES string of the molecule is Cc1cn2nc([C@@H]3CCCCN3C(=O)c3cc(Cl)ccc3NS(C)(=O)=O)cc2nc1N1CC(OC(=O)CCC(=O)O)C1. The van der Waals surface area contributed by atoms with Crippen molar-refractivity contribution in [1.29, 1.82) is 0 Å². The molecule has 1 aromatic carbocycles. The van der Waals surface area contributed by atoms with E-state index in [9.17, 15) is 22.8 Å². The Morgan fingerprint density at radius 2 is 1.93 bits per heavy atom. The number of hydrogen-bond donors (Lipinski definition) is 2. The molecule has 13 nitrogen and oxygen atoms in total. The first-order valence-electron chi connectivity index (χ1n) is 13.5. The Morgan fingerprint density at radius 1 is 1.17 bits per heavy atom. The van der Waals surface area contributed by atoms with Crippen LogP contribution in [-0.2, 0) is 24.3 Å². The number of fused-ring (bicyclic) bond motifs is 1. The van der Waals surface area contributed by atoms with Crippen LogP contribution in [0.4, 0.5) is 11.5 Å². The van der Waals surface area contributed by atoms with Crippen LogP contribution >= 0.6 is 11.6 Å². The molecule has 2 aromatic heterocycles. The predicted octanol–water partition coefficient (Wildman–Crippen LogP) is 3.03. The Morgan fingerprint density at radius 3 is 2.64 bits per heavy atom. The summed E-state index contributed by atoms with van der Waals surface area (Å²) in [5, 5.41) is 13.8. The number of carbonyl (C=O) groups excluding carboxylic acids is 2. The van der Waals surface area contributed by atoms with E-state index in [0.717, 1.165) is 30.5 Å². The fourth-order valence-electron chi connectivity index (χ4n) is 5.26. The molecule has 224 valence electrons. The van der Waals surface area contributed by atoms with Crippen molar-refractivity contribution in [2.24, 2.45) is 0 Å². The molecule has 42 heavy (non-hydrogen) atoms. The molecule has 0 bridgehead atoms. The summed E-state index contributed by atoms with van der Waals surface area (Å²) in [6.45, 7) is 3.26. The van der Waals surface area contributed by atoms with E-state index in [1.54, 1.807) is 9.42 Å². The topological polar surface area (TPSA) is 164 Å². The molecule has 2 saturated heterocycles. The van der Waals surface area contributed by atoms with Gasteiger partial charge in [-0.1, -0.05) is 11.6 Å². The summed E-state index contributed by atoms with van der Waals surface area (Å²) in [5.41, 5.74) is 2.44. The number of benzene rings is 1. The number of aryl methyl sites for hydroxylation is 1. The molecule has 0 aliphatic carbocycles. The Bertz CT molecular complexity index is 1650. The van der Waals surface area contributed by atoms with Crippen LogP contribution in [0.5, 0.6) is 0 Å². The van der Waals surface area contributed by atoms with Gasteiger partial charge in [-0.05, 0) is 44.4 Å². The number of anilines is 2. The van der Waals surface area contributed by atoms with E-state index in [1.165, 1.54) is 18.2 Å². The van der Waals surface area contributed by atoms with Crippen molar-refractivity contribution in [1.82, 2.24) is 19.5 Å². The van der Waals surface area contributed by atoms with Gasteiger partial charge in [-0.3, -0.25) is 19.1 Å². The maximum atomic E-state index is 13.8. The number of sulfonamides is 1. The number of nitrogens with zero attached hydrogens (tertiary/aromatic N) is 5. The predicted molar refractivity (Wildman–Crippen MR) is 154 cm³/mol. The van der Waals surface area contributed by atoms with Crippen molar-refractivity contribution in [2.45, 2.75) is 51.2 Å². The van der Waals surface area contributed by atoms with Gasteiger partial charge >= 0.3 is 11.9 Å². The number of rotatable bonds is 9. The lowest BCUT2D eigenvalue weighted by molar-refractivity contribution is -0.153. The highest BCUT2D eigenvalue weighted by atomic mass is 35.5. The molecule has 5 rings (SSSR count). The number of aromatic nitrogens is 3. The van der Waals surface area contributed by atoms with Crippen molar-refractivity contribution >= 4 is 56.6 Å². The second-order valence-corrected chi connectivity index (χ2v) is 12.8. The molecule has 0 spiro atoms. The maximum absolute atomic E-state index is 13.8. The van der Waals surface area contributed by atoms with Crippen LogP contribution in [0, 0.1) is 6.92 Å². The molecule has 15 heteroatoms. The molecule has 1 atom stereocenters. The summed E-state index contributed by atoms with van der Waals surface area (Å²) in [7, 11) is -3.63. The average Bonchev–Trinajstić information content (AvgIpc) is 3.31. The number of likely N-dealkylation sites (tertiary alicyclic amines) is 1. The molecule has 1 amide bonds. The van der Waals surface area contributed by atoms with Crippen LogP contribution in [0.15, 0.2) is 30.5 Å². The van der Waals surface area contributed by atoms with E-state index in [2.05, 4.69) is 4.72 Å². The van der Waals surface area contributed by atoms with Crippen LogP contribution in [0.25, 0.3) is 5.65 Å². The third-order valence-corrected chi connectivity index (χ3v) is 8.05. The maximum Gasteiger partial charge on any atom is 0.306 e. The molecule has 2 N–H and O–H groups in total. The van der Waals surface area contributed by atoms with E-state index < -0.39 is 22.0 Å². The molecule has 4 heterocycles. The summed E-state index contributed by atoms with van der Waals surface area (Å²) in [6, 6.07) is 5.97. The molecule has 3 aromatic rings. The second kappa shape index (κ2) is 11.8. The molecule has 2 aliphatic heterocycles. The lowest BCUT2D eigenvalue weighted by Crippen LogP contribution is -2.53. The van der Waals surface area contributed by atoms with Gasteiger partial charge in [0.25, 0.3) is 5.91 Å². The van der Waals surface area contributed by atoms with Crippen LogP contribution in [0.1, 0.15) is 59.8 Å². The van der Waals surface area contributed by atoms with E-state index in [4.69, 9.17) is 31.5 Å². The van der Waals surface area contributed by atoms with Gasteiger partial charge in [0.15, 0.2) is 5.65 Å². The zero-order valence-corrected chi connectivity index (χ0v) is 24.7. The van der Waals surface area contributed by atoms with Crippen molar-refractivity contribution in [3.8, 4) is 0 Å². The zero-order chi connectivity index (χ0) is 30.2. The molecule has 0 saturated carbocycles. The minimum absolute atomic E-state index is 0.161. The lowest BCUT2D eigenvalue weighted by atomic mass is 9.98. The number of carboxylic acid groups (broad SMARTS) is 1. The van der Waals surface area contributed by atoms with Gasteiger partial charge in [0, 0.05) is 29.4 Å². The first-order valence-corrected chi connectivity index (χ1v) is 15.8. The summed E-state index contributed by atoms with van der Waals surface area (Å²) in [5.74, 6) is -1.21. The number of amides is 1. The lowest BCUT2D eigenvalue weighted by Gasteiger charge is -2.39. The zero-order valence-electron chi connectivity index (χ0n) is 23.1. The molecule has 0 radical (unpaired) electrons. The normalized spacial score (nSPS) is 17.6. The van der Waals surface area contributed by atoms with Crippen molar-refractivity contribution in [3.63, 3.8) is 0 Å². The van der Waals surface area contributed by atoms with E-state index >= 15 is 0 Å². The summed E-state index contributed by atoms with van der Waals surface area (Å²) in [6.07, 6.45) is 4.48. The average molecular weight is 619 g/mol. The Kier molecular flexibility index (Phi) is 8.28. The smallest absolute Gasteiger partial charge is 0.306 e. The number of hydrogen-bond acceptors (Lipinski definition) is 9. The van der Waals surface area contributed by atoms with Gasteiger partial charge in [-0.15, -0.1) is 0 Å². The fourth-order valence-corrected chi connectivity index (χ4v) is 6.01. The molecular weight excluding hydrogens is 588 g/mol. The molecule has 0 unspecified atom stereocenters. The molecule has 2 fully saturated rings. The number of carboxylic acids is 1. The van der Waals surface area contributed by atoms with Gasteiger partial charge in [0.2, 0.25) is 10.0 Å². The Hall–Kier alpha value is -3.91. The summed E-state index contributed by atoms with van der Waals surface area (Å²) >= 11 is 6.19. The monoisotopic (exact) mass is 618 g/mol. The first kappa shape index (κ1) is 29.6. The summed E-state index contributed by atoms with van der Waals surface area (Å²) < 4.78 is 33.3. The standard InChI is InChI=1S/C27H31ClN6O7S/c1-16-13-34-23(29-26(16)32-14-18(15-32)41-25(37)9-8-24(35)36)12-21(30-34)22-5-3-4-10-33(22)27(38)19-11-17(28)6-7-20(19)31-42(2,39)40/h6-7,11-13,18,22,31H,3-5,8-10,14-15H2,1-2H3,(H,35,36)/t22-/m0/s1. The van der Waals surface area contributed by atoms with Crippen molar-refractivity contribution in [2.75, 3.05) is 35.5 Å². The van der Waals surface area contributed by atoms with Gasteiger partial charge < -0.3 is 19.6 Å². The van der Waals surface area contributed by atoms with Gasteiger partial charge in [0.1, 0.15) is 11.9 Å². The highest BCUT2D eigenvalue weighted by Gasteiger charge is 2.34. The van der Waals surface area contributed by atoms with Crippen molar-refractivity contribution in [3.05, 3.63) is 52.3 Å². The Balaban J connectivity index is 1.35. The Labute approximate surface area is 247 Å². The van der Waals surface area contributed by atoms with Crippen LogP contribution in [0.3, 0.4) is 0 Å². The number of piperidine rings is 1. The van der Waals surface area contributed by atoms with E-state index in [0.29, 0.717) is 42.4 Å². The number of aliphatic carboxylic acids is 1. The van der Waals surface area contributed by atoms with Gasteiger partial charge in [0.05, 0.1) is 55.2 Å². The number of halogens is 1. The third kappa shape index (κ3) is 6.59. The highest BCUT2D eigenvalue weighted by Crippen LogP contribution is 2.34. The summed E-state index contributed by atoms with van der Waals surface area (Å²) in [4.78, 5) is 44.8. The van der Waals surface area contributed by atoms with Crippen LogP contribution in [0.2, 0.25) is 5.02 Å². The number of ether oxygens (including phenoxy) is 1. The minimum Gasteiger partial charge on any atom is -0.481 e. The molecule has 2 aliphatic rings. The molecular formula is C27H31ClN6O7S. The fraction of sp³-hybridized carbons (Fsp3) is 0.444. The minimum atomic E-state index is -3.63. The first-order chi connectivity index (χ1) is 19.9. The van der Waals surface area contributed by atoms with E-state index in [-0.39, 0.29) is 42.1 Å². The number of nitrogens with one attached hydrogen (secondary N) is 1. The quantitative estimate of drug-likeness (QED) is 0.341. The van der Waals surface area contributed by atoms with Crippen molar-refractivity contribution < 1.29 is 32.6 Å². The van der Waals surface area contributed by atoms with E-state index in [1.807, 2.05) is 24.1 Å². The largest absolute Gasteiger partial charge is 0.481 e. The third-order valence-electron chi connectivity index (χ3n) is 7.23. The van der Waals surface area contributed by atoms with Crippen LogP contribution < -0.4 is 9.62 Å². The highest BCUT2D eigenvalue weighted by molar-refractivity contribution is 7.92. The second-order valence-electron chi connectivity index (χ2n) is 10.6. The van der Waals surface area contributed by atoms with Gasteiger partial charge in [-0.25, -0.2) is 17.9 Å². The number of carbonyl (C=O) groups is 3. The van der Waals surface area contributed by atoms with Gasteiger partial charge in [-0.2, -0.15) is 5.10 Å². The van der Waals surface area contributed by atoms with Crippen LogP contribution in [-0.4, -0.2) is 82.9 Å². The number of esters is 1.